The molecule has 0 saturated carbocycles. The van der Waals surface area contributed by atoms with Crippen molar-refractivity contribution in [3.8, 4) is 0 Å². The summed E-state index contributed by atoms with van der Waals surface area (Å²) in [4.78, 5) is 7.64. The summed E-state index contributed by atoms with van der Waals surface area (Å²) in [7, 11) is 0. The molecule has 3 aromatic rings. The second-order valence-corrected chi connectivity index (χ2v) is 4.48. The van der Waals surface area contributed by atoms with Crippen LogP contribution in [0.1, 0.15) is 11.4 Å². The predicted molar refractivity (Wildman–Crippen MR) is 75.3 cm³/mol. The summed E-state index contributed by atoms with van der Waals surface area (Å²) in [6.07, 6.45) is 0. The molecular formula is C15H15N3. The van der Waals surface area contributed by atoms with Crippen molar-refractivity contribution in [1.82, 2.24) is 9.97 Å². The molecule has 90 valence electrons. The number of hydrogen-bond acceptors (Lipinski definition) is 2. The van der Waals surface area contributed by atoms with Crippen molar-refractivity contribution in [3.63, 3.8) is 0 Å². The van der Waals surface area contributed by atoms with Gasteiger partial charge in [-0.15, -0.1) is 0 Å². The topological polar surface area (TPSA) is 40.7 Å². The molecule has 0 spiro atoms. The number of imidazole rings is 1. The minimum atomic E-state index is 0.792. The second kappa shape index (κ2) is 4.18. The van der Waals surface area contributed by atoms with Gasteiger partial charge < -0.3 is 10.3 Å². The van der Waals surface area contributed by atoms with Gasteiger partial charge in [0, 0.05) is 11.4 Å². The molecule has 0 saturated heterocycles. The molecule has 0 bridgehead atoms. The predicted octanol–water partition coefficient (Wildman–Crippen LogP) is 3.92. The fourth-order valence-electron chi connectivity index (χ4n) is 2.01. The molecule has 18 heavy (non-hydrogen) atoms. The summed E-state index contributed by atoms with van der Waals surface area (Å²) in [5.74, 6) is 0.792. The molecule has 1 heterocycles. The normalized spacial score (nSPS) is 10.8. The first-order valence-corrected chi connectivity index (χ1v) is 6.01. The third-order valence-electron chi connectivity index (χ3n) is 3.14. The van der Waals surface area contributed by atoms with Gasteiger partial charge in [0.1, 0.15) is 0 Å². The summed E-state index contributed by atoms with van der Waals surface area (Å²) in [6, 6.07) is 14.6. The third-order valence-corrected chi connectivity index (χ3v) is 3.14. The maximum atomic E-state index is 4.42. The lowest BCUT2D eigenvalue weighted by Crippen LogP contribution is -1.92. The monoisotopic (exact) mass is 237 g/mol. The molecule has 0 amide bonds. The van der Waals surface area contributed by atoms with Crippen molar-refractivity contribution < 1.29 is 0 Å². The van der Waals surface area contributed by atoms with Crippen LogP contribution in [0.15, 0.2) is 42.5 Å². The Morgan fingerprint density at radius 2 is 1.78 bits per heavy atom. The number of hydrogen-bond donors (Lipinski definition) is 2. The highest BCUT2D eigenvalue weighted by atomic mass is 15.1. The Kier molecular flexibility index (Phi) is 2.52. The fourth-order valence-corrected chi connectivity index (χ4v) is 2.01. The van der Waals surface area contributed by atoms with Gasteiger partial charge >= 0.3 is 0 Å². The fraction of sp³-hybridized carbons (Fsp3) is 0.133. The van der Waals surface area contributed by atoms with E-state index in [-0.39, 0.29) is 0 Å². The smallest absolute Gasteiger partial charge is 0.205 e. The third kappa shape index (κ3) is 1.95. The van der Waals surface area contributed by atoms with Crippen molar-refractivity contribution in [2.45, 2.75) is 13.8 Å². The molecule has 0 atom stereocenters. The lowest BCUT2D eigenvalue weighted by Gasteiger charge is -2.04. The van der Waals surface area contributed by atoms with E-state index in [1.807, 2.05) is 19.9 Å². The number of rotatable bonds is 2. The van der Waals surface area contributed by atoms with Gasteiger partial charge in [0.15, 0.2) is 0 Å². The highest BCUT2D eigenvalue weighted by molar-refractivity contribution is 5.86. The minimum Gasteiger partial charge on any atom is -0.328 e. The zero-order valence-corrected chi connectivity index (χ0v) is 10.5. The van der Waals surface area contributed by atoms with E-state index in [1.54, 1.807) is 0 Å². The first-order valence-electron chi connectivity index (χ1n) is 6.01. The van der Waals surface area contributed by atoms with Crippen LogP contribution in [0.2, 0.25) is 0 Å². The van der Waals surface area contributed by atoms with E-state index in [0.29, 0.717) is 0 Å². The van der Waals surface area contributed by atoms with Crippen LogP contribution in [-0.2, 0) is 0 Å². The average molecular weight is 237 g/mol. The van der Waals surface area contributed by atoms with Crippen molar-refractivity contribution in [1.29, 1.82) is 0 Å². The van der Waals surface area contributed by atoms with Gasteiger partial charge in [-0.2, -0.15) is 0 Å². The lowest BCUT2D eigenvalue weighted by molar-refractivity contribution is 1.22. The second-order valence-electron chi connectivity index (χ2n) is 4.48. The first-order chi connectivity index (χ1) is 8.72. The molecule has 3 nitrogen and oxygen atoms in total. The maximum Gasteiger partial charge on any atom is 0.205 e. The number of anilines is 2. The van der Waals surface area contributed by atoms with Crippen LogP contribution in [0, 0.1) is 13.8 Å². The van der Waals surface area contributed by atoms with E-state index in [4.69, 9.17) is 0 Å². The largest absolute Gasteiger partial charge is 0.328 e. The van der Waals surface area contributed by atoms with Crippen LogP contribution in [0.3, 0.4) is 0 Å². The Bertz CT molecular complexity index is 678. The molecule has 0 unspecified atom stereocenters. The van der Waals surface area contributed by atoms with Gasteiger partial charge in [0.05, 0.1) is 5.69 Å². The summed E-state index contributed by atoms with van der Waals surface area (Å²) in [5, 5.41) is 5.76. The molecule has 1 aromatic heterocycles. The zero-order chi connectivity index (χ0) is 12.5. The van der Waals surface area contributed by atoms with Crippen LogP contribution < -0.4 is 5.32 Å². The number of aryl methyl sites for hydroxylation is 2. The van der Waals surface area contributed by atoms with E-state index < -0.39 is 0 Å². The molecule has 2 aromatic carbocycles. The standard InChI is InChI=1S/C15H15N3/c1-10-11(2)17-15(16-10)18-14-8-7-12-5-3-4-6-13(12)9-14/h3-9H,1-2H3,(H2,16,17,18). The van der Waals surface area contributed by atoms with Gasteiger partial charge in [-0.3, -0.25) is 0 Å². The molecule has 2 N–H and O–H groups in total. The Labute approximate surface area is 106 Å². The number of benzene rings is 2. The van der Waals surface area contributed by atoms with Crippen LogP contribution in [0.25, 0.3) is 10.8 Å². The van der Waals surface area contributed by atoms with Crippen molar-refractivity contribution in [2.24, 2.45) is 0 Å². The molecular weight excluding hydrogens is 222 g/mol. The first kappa shape index (κ1) is 10.8. The highest BCUT2D eigenvalue weighted by Gasteiger charge is 2.02. The Hall–Kier alpha value is -2.29. The molecule has 0 radical (unpaired) electrons. The van der Waals surface area contributed by atoms with E-state index in [9.17, 15) is 0 Å². The van der Waals surface area contributed by atoms with Gasteiger partial charge in [-0.1, -0.05) is 30.3 Å². The van der Waals surface area contributed by atoms with Gasteiger partial charge in [0.2, 0.25) is 5.95 Å². The molecule has 0 aliphatic carbocycles. The number of fused-ring (bicyclic) bond motifs is 1. The number of nitrogens with one attached hydrogen (secondary N) is 2. The van der Waals surface area contributed by atoms with E-state index in [2.05, 4.69) is 51.7 Å². The van der Waals surface area contributed by atoms with Crippen LogP contribution in [0.5, 0.6) is 0 Å². The van der Waals surface area contributed by atoms with E-state index in [0.717, 1.165) is 23.0 Å². The van der Waals surface area contributed by atoms with Crippen LogP contribution in [0.4, 0.5) is 11.6 Å². The van der Waals surface area contributed by atoms with Crippen molar-refractivity contribution >= 4 is 22.4 Å². The van der Waals surface area contributed by atoms with Gasteiger partial charge in [-0.05, 0) is 36.8 Å². The molecule has 3 heteroatoms. The number of aromatic nitrogens is 2. The summed E-state index contributed by atoms with van der Waals surface area (Å²) in [6.45, 7) is 4.02. The van der Waals surface area contributed by atoms with Gasteiger partial charge in [-0.25, -0.2) is 4.98 Å². The summed E-state index contributed by atoms with van der Waals surface area (Å²) < 4.78 is 0. The Balaban J connectivity index is 1.95. The lowest BCUT2D eigenvalue weighted by atomic mass is 10.1. The van der Waals surface area contributed by atoms with Crippen molar-refractivity contribution in [2.75, 3.05) is 5.32 Å². The maximum absolute atomic E-state index is 4.42. The SMILES string of the molecule is Cc1nc(Nc2ccc3ccccc3c2)[nH]c1C. The number of aromatic amines is 1. The molecule has 3 rings (SSSR count). The van der Waals surface area contributed by atoms with Crippen molar-refractivity contribution in [3.05, 3.63) is 53.9 Å². The molecule has 0 fully saturated rings. The molecule has 0 aliphatic rings. The summed E-state index contributed by atoms with van der Waals surface area (Å²) >= 11 is 0. The van der Waals surface area contributed by atoms with E-state index >= 15 is 0 Å². The Morgan fingerprint density at radius 3 is 2.50 bits per heavy atom. The van der Waals surface area contributed by atoms with Crippen LogP contribution in [-0.4, -0.2) is 9.97 Å². The van der Waals surface area contributed by atoms with E-state index in [1.165, 1.54) is 10.8 Å². The number of H-pyrrole nitrogens is 1. The summed E-state index contributed by atoms with van der Waals surface area (Å²) in [5.41, 5.74) is 3.17. The van der Waals surface area contributed by atoms with Gasteiger partial charge in [0.25, 0.3) is 0 Å². The number of nitrogens with zero attached hydrogens (tertiary/aromatic N) is 1. The minimum absolute atomic E-state index is 0.792. The van der Waals surface area contributed by atoms with Crippen LogP contribution >= 0.6 is 0 Å². The molecule has 0 aliphatic heterocycles. The highest BCUT2D eigenvalue weighted by Crippen LogP contribution is 2.21. The quantitative estimate of drug-likeness (QED) is 0.709. The average Bonchev–Trinajstić information content (AvgIpc) is 2.68. The Morgan fingerprint density at radius 1 is 1.00 bits per heavy atom. The zero-order valence-electron chi connectivity index (χ0n) is 10.5.